The first-order chi connectivity index (χ1) is 12.5. The van der Waals surface area contributed by atoms with E-state index in [4.69, 9.17) is 0 Å². The zero-order chi connectivity index (χ0) is 18.3. The van der Waals surface area contributed by atoms with Crippen LogP contribution in [0.3, 0.4) is 0 Å². The van der Waals surface area contributed by atoms with Crippen LogP contribution in [0.15, 0.2) is 29.3 Å². The Morgan fingerprint density at radius 3 is 2.50 bits per heavy atom. The molecule has 26 heavy (non-hydrogen) atoms. The topological polar surface area (TPSA) is 75.5 Å². The van der Waals surface area contributed by atoms with Crippen molar-refractivity contribution in [2.45, 2.75) is 19.4 Å². The van der Waals surface area contributed by atoms with Crippen LogP contribution in [0.1, 0.15) is 12.8 Å². The molecule has 2 fully saturated rings. The second-order valence-electron chi connectivity index (χ2n) is 6.79. The van der Waals surface area contributed by atoms with Crippen molar-refractivity contribution < 1.29 is 14.0 Å². The van der Waals surface area contributed by atoms with Crippen molar-refractivity contribution in [1.29, 1.82) is 0 Å². The van der Waals surface area contributed by atoms with E-state index in [1.54, 1.807) is 15.9 Å². The molecule has 0 radical (unpaired) electrons. The minimum Gasteiger partial charge on any atom is -0.339 e. The number of piperazine rings is 1. The highest BCUT2D eigenvalue weighted by atomic mass is 19.1. The molecule has 0 atom stereocenters. The summed E-state index contributed by atoms with van der Waals surface area (Å²) in [4.78, 5) is 44.5. The number of rotatable bonds is 3. The molecule has 1 saturated heterocycles. The Morgan fingerprint density at radius 1 is 1.12 bits per heavy atom. The first-order valence-corrected chi connectivity index (χ1v) is 8.75. The lowest BCUT2D eigenvalue weighted by atomic mass is 10.2. The lowest BCUT2D eigenvalue weighted by Crippen LogP contribution is -2.52. The van der Waals surface area contributed by atoms with E-state index >= 15 is 0 Å². The number of hydrogen-bond donors (Lipinski definition) is 0. The van der Waals surface area contributed by atoms with Crippen molar-refractivity contribution in [1.82, 2.24) is 19.4 Å². The van der Waals surface area contributed by atoms with Gasteiger partial charge in [0.15, 0.2) is 0 Å². The minimum atomic E-state index is -0.644. The van der Waals surface area contributed by atoms with Crippen molar-refractivity contribution in [2.75, 3.05) is 26.2 Å². The molecule has 7 nitrogen and oxygen atoms in total. The molecular formula is C18H19FN4O3. The molecule has 2 amide bonds. The molecule has 0 unspecified atom stereocenters. The van der Waals surface area contributed by atoms with Crippen LogP contribution in [-0.4, -0.2) is 57.3 Å². The third kappa shape index (κ3) is 3.07. The van der Waals surface area contributed by atoms with Gasteiger partial charge < -0.3 is 9.80 Å². The Kier molecular flexibility index (Phi) is 4.18. The van der Waals surface area contributed by atoms with E-state index in [1.807, 2.05) is 0 Å². The molecule has 136 valence electrons. The number of nitrogens with zero attached hydrogens (tertiary/aromatic N) is 4. The fraction of sp³-hybridized carbons (Fsp3) is 0.444. The smallest absolute Gasteiger partial charge is 0.264 e. The summed E-state index contributed by atoms with van der Waals surface area (Å²) in [5, 5.41) is -0.109. The zero-order valence-corrected chi connectivity index (χ0v) is 14.2. The van der Waals surface area contributed by atoms with Gasteiger partial charge >= 0.3 is 0 Å². The van der Waals surface area contributed by atoms with Crippen LogP contribution in [-0.2, 0) is 16.1 Å². The predicted octanol–water partition coefficient (Wildman–Crippen LogP) is 0.616. The molecule has 0 bridgehead atoms. The number of fused-ring (bicyclic) bond motifs is 1. The summed E-state index contributed by atoms with van der Waals surface area (Å²) in [5.74, 6) is -0.519. The van der Waals surface area contributed by atoms with Gasteiger partial charge in [-0.25, -0.2) is 9.37 Å². The molecule has 2 heterocycles. The summed E-state index contributed by atoms with van der Waals surface area (Å²) in [6.45, 7) is 1.73. The lowest BCUT2D eigenvalue weighted by molar-refractivity contribution is -0.140. The Bertz CT molecular complexity index is 930. The van der Waals surface area contributed by atoms with Crippen LogP contribution in [0.5, 0.6) is 0 Å². The summed E-state index contributed by atoms with van der Waals surface area (Å²) in [5.41, 5.74) is -0.296. The highest BCUT2D eigenvalue weighted by Gasteiger charge is 2.35. The molecule has 2 aromatic rings. The van der Waals surface area contributed by atoms with Crippen molar-refractivity contribution >= 4 is 22.7 Å². The van der Waals surface area contributed by atoms with E-state index in [9.17, 15) is 18.8 Å². The molecule has 2 aliphatic rings. The molecule has 1 aromatic heterocycles. The van der Waals surface area contributed by atoms with Crippen LogP contribution in [0, 0.1) is 11.7 Å². The van der Waals surface area contributed by atoms with Gasteiger partial charge in [0, 0.05) is 32.1 Å². The maximum Gasteiger partial charge on any atom is 0.264 e. The van der Waals surface area contributed by atoms with Gasteiger partial charge in [0.1, 0.15) is 17.7 Å². The number of aromatic nitrogens is 2. The fourth-order valence-electron chi connectivity index (χ4n) is 3.28. The van der Waals surface area contributed by atoms with Crippen LogP contribution in [0.25, 0.3) is 10.9 Å². The van der Waals surface area contributed by atoms with Gasteiger partial charge in [-0.2, -0.15) is 0 Å². The molecule has 1 saturated carbocycles. The van der Waals surface area contributed by atoms with Crippen molar-refractivity contribution in [3.63, 3.8) is 0 Å². The third-order valence-electron chi connectivity index (χ3n) is 4.98. The monoisotopic (exact) mass is 358 g/mol. The first kappa shape index (κ1) is 16.7. The van der Waals surface area contributed by atoms with E-state index < -0.39 is 11.4 Å². The highest BCUT2D eigenvalue weighted by Crippen LogP contribution is 2.31. The summed E-state index contributed by atoms with van der Waals surface area (Å²) < 4.78 is 15.1. The quantitative estimate of drug-likeness (QED) is 0.806. The highest BCUT2D eigenvalue weighted by molar-refractivity contribution is 5.82. The molecular weight excluding hydrogens is 339 g/mol. The second-order valence-corrected chi connectivity index (χ2v) is 6.79. The number of hydrogen-bond acceptors (Lipinski definition) is 4. The second kappa shape index (κ2) is 6.51. The van der Waals surface area contributed by atoms with Gasteiger partial charge in [-0.3, -0.25) is 19.0 Å². The van der Waals surface area contributed by atoms with Crippen LogP contribution in [0.4, 0.5) is 4.39 Å². The van der Waals surface area contributed by atoms with E-state index in [1.165, 1.54) is 18.5 Å². The maximum absolute atomic E-state index is 13.9. The number of benzene rings is 1. The van der Waals surface area contributed by atoms with E-state index in [2.05, 4.69) is 4.98 Å². The van der Waals surface area contributed by atoms with Gasteiger partial charge in [0.25, 0.3) is 5.56 Å². The van der Waals surface area contributed by atoms with Gasteiger partial charge in [-0.1, -0.05) is 6.07 Å². The third-order valence-corrected chi connectivity index (χ3v) is 4.98. The maximum atomic E-state index is 13.9. The standard InChI is InChI=1S/C18H19FN4O3/c19-13-2-1-3-14-16(13)18(26)23(11-20-14)10-15(24)21-6-8-22(9-7-21)17(25)12-4-5-12/h1-3,11-12H,4-10H2. The molecule has 0 spiro atoms. The van der Waals surface area contributed by atoms with E-state index in [0.29, 0.717) is 26.2 Å². The van der Waals surface area contributed by atoms with Gasteiger partial charge in [-0.05, 0) is 25.0 Å². The Hall–Kier alpha value is -2.77. The van der Waals surface area contributed by atoms with Gasteiger partial charge in [0.2, 0.25) is 11.8 Å². The number of halogens is 1. The fourth-order valence-corrected chi connectivity index (χ4v) is 3.28. The van der Waals surface area contributed by atoms with Crippen molar-refractivity contribution in [3.8, 4) is 0 Å². The zero-order valence-electron chi connectivity index (χ0n) is 14.2. The molecule has 1 aliphatic heterocycles. The Morgan fingerprint density at radius 2 is 1.81 bits per heavy atom. The van der Waals surface area contributed by atoms with Gasteiger partial charge in [-0.15, -0.1) is 0 Å². The summed E-state index contributed by atoms with van der Waals surface area (Å²) >= 11 is 0. The number of carbonyl (C=O) groups excluding carboxylic acids is 2. The molecule has 4 rings (SSSR count). The molecule has 0 N–H and O–H groups in total. The van der Waals surface area contributed by atoms with Gasteiger partial charge in [0.05, 0.1) is 11.8 Å². The van der Waals surface area contributed by atoms with Crippen molar-refractivity contribution in [2.24, 2.45) is 5.92 Å². The van der Waals surface area contributed by atoms with Crippen molar-refractivity contribution in [3.05, 3.63) is 40.7 Å². The number of carbonyl (C=O) groups is 2. The average molecular weight is 358 g/mol. The van der Waals surface area contributed by atoms with Crippen LogP contribution >= 0.6 is 0 Å². The Labute approximate surface area is 149 Å². The molecule has 1 aliphatic carbocycles. The van der Waals surface area contributed by atoms with Crippen LogP contribution in [0.2, 0.25) is 0 Å². The number of amides is 2. The van der Waals surface area contributed by atoms with Crippen LogP contribution < -0.4 is 5.56 Å². The lowest BCUT2D eigenvalue weighted by Gasteiger charge is -2.35. The van der Waals surface area contributed by atoms with E-state index in [0.717, 1.165) is 17.4 Å². The first-order valence-electron chi connectivity index (χ1n) is 8.75. The summed E-state index contributed by atoms with van der Waals surface area (Å²) in [6, 6.07) is 4.25. The minimum absolute atomic E-state index is 0.109. The SMILES string of the molecule is O=C(Cn1cnc2cccc(F)c2c1=O)N1CCN(C(=O)C2CC2)CC1. The molecule has 1 aromatic carbocycles. The largest absolute Gasteiger partial charge is 0.339 e. The average Bonchev–Trinajstić information content (AvgIpc) is 3.49. The summed E-state index contributed by atoms with van der Waals surface area (Å²) in [6.07, 6.45) is 3.20. The Balaban J connectivity index is 1.45. The predicted molar refractivity (Wildman–Crippen MR) is 91.8 cm³/mol. The normalized spacial score (nSPS) is 17.6. The van der Waals surface area contributed by atoms with E-state index in [-0.39, 0.29) is 35.2 Å². The molecule has 8 heteroatoms. The summed E-state index contributed by atoms with van der Waals surface area (Å²) in [7, 11) is 0.